The first-order valence-corrected chi connectivity index (χ1v) is 21.2. The number of aromatic hydroxyl groups is 4. The van der Waals surface area contributed by atoms with Crippen molar-refractivity contribution in [1.82, 2.24) is 31.0 Å². The topological polar surface area (TPSA) is 265 Å². The largest absolute Gasteiger partial charge is 0.508 e. The number of fused-ring (bicyclic) bond motifs is 2. The molecule has 6 N–H and O–H groups in total. The van der Waals surface area contributed by atoms with Crippen molar-refractivity contribution in [3.05, 3.63) is 96.1 Å². The van der Waals surface area contributed by atoms with E-state index in [9.17, 15) is 30.0 Å². The van der Waals surface area contributed by atoms with Crippen LogP contribution in [0.25, 0.3) is 20.4 Å². The van der Waals surface area contributed by atoms with Gasteiger partial charge in [-0.25, -0.2) is 20.8 Å². The maximum absolute atomic E-state index is 13.1. The van der Waals surface area contributed by atoms with Crippen LogP contribution in [-0.2, 0) is 9.59 Å². The van der Waals surface area contributed by atoms with E-state index in [1.807, 2.05) is 48.5 Å². The van der Waals surface area contributed by atoms with Crippen LogP contribution in [0, 0.1) is 0 Å². The number of azo groups is 2. The number of hydrogen-bond donors (Lipinski definition) is 6. The van der Waals surface area contributed by atoms with E-state index in [4.69, 9.17) is 0 Å². The smallest absolute Gasteiger partial charge is 0.253 e. The van der Waals surface area contributed by atoms with Crippen molar-refractivity contribution < 1.29 is 30.0 Å². The minimum atomic E-state index is -0.720. The highest BCUT2D eigenvalue weighted by molar-refractivity contribution is 8.04. The third kappa shape index (κ3) is 10.4. The SMILES string of the molecule is CC(Sc1nnc(SC(C)C(=O)NN=C(N=Nc2nc3ccccc3s2)c2ccc(O)cc2O)s1)C(=O)NN=C(N=Nc1nc2ccccc2s1)c1ccc(O)cc1O. The molecule has 0 radical (unpaired) electrons. The molecule has 7 aromatic rings. The number of carbonyl (C=O) groups is 2. The summed E-state index contributed by atoms with van der Waals surface area (Å²) < 4.78 is 2.68. The Morgan fingerprint density at radius 3 is 1.44 bits per heavy atom. The van der Waals surface area contributed by atoms with Crippen molar-refractivity contribution in [2.75, 3.05) is 0 Å². The molecule has 0 aliphatic heterocycles. The van der Waals surface area contributed by atoms with Gasteiger partial charge in [-0.2, -0.15) is 10.2 Å². The Balaban J connectivity index is 0.985. The van der Waals surface area contributed by atoms with Crippen LogP contribution < -0.4 is 10.9 Å². The van der Waals surface area contributed by atoms with Crippen molar-refractivity contribution >= 4 is 112 Å². The summed E-state index contributed by atoms with van der Waals surface area (Å²) in [5, 5.41) is 73.0. The molecular formula is C36H28N12O6S5. The van der Waals surface area contributed by atoms with Gasteiger partial charge < -0.3 is 20.4 Å². The molecule has 0 bridgehead atoms. The predicted octanol–water partition coefficient (Wildman–Crippen LogP) is 8.06. The molecule has 298 valence electrons. The van der Waals surface area contributed by atoms with Gasteiger partial charge in [-0.15, -0.1) is 30.7 Å². The molecule has 0 spiro atoms. The molecule has 3 heterocycles. The summed E-state index contributed by atoms with van der Waals surface area (Å²) in [4.78, 5) is 35.1. The van der Waals surface area contributed by atoms with Crippen LogP contribution in [-0.4, -0.2) is 74.6 Å². The number of phenolic OH excluding ortho intramolecular Hbond substituents is 4. The van der Waals surface area contributed by atoms with Gasteiger partial charge >= 0.3 is 0 Å². The number of benzene rings is 4. The molecule has 23 heteroatoms. The van der Waals surface area contributed by atoms with Crippen molar-refractivity contribution in [3.8, 4) is 23.0 Å². The van der Waals surface area contributed by atoms with Gasteiger partial charge in [0.25, 0.3) is 11.8 Å². The molecular weight excluding hydrogens is 857 g/mol. The van der Waals surface area contributed by atoms with Gasteiger partial charge in [-0.1, -0.05) is 81.8 Å². The third-order valence-corrected chi connectivity index (χ3v) is 12.8. The van der Waals surface area contributed by atoms with Crippen LogP contribution in [0.4, 0.5) is 10.3 Å². The van der Waals surface area contributed by atoms with E-state index >= 15 is 0 Å². The minimum Gasteiger partial charge on any atom is -0.508 e. The first-order valence-electron chi connectivity index (χ1n) is 17.0. The Hall–Kier alpha value is -6.40. The van der Waals surface area contributed by atoms with Crippen LogP contribution in [0.1, 0.15) is 25.0 Å². The van der Waals surface area contributed by atoms with Crippen molar-refractivity contribution in [2.24, 2.45) is 30.7 Å². The molecule has 0 aliphatic carbocycles. The average molecular weight is 885 g/mol. The second-order valence-electron chi connectivity index (χ2n) is 11.9. The number of aromatic nitrogens is 4. The summed E-state index contributed by atoms with van der Waals surface area (Å²) in [6.07, 6.45) is 0. The normalized spacial score (nSPS) is 13.4. The molecule has 2 amide bonds. The Morgan fingerprint density at radius 1 is 0.610 bits per heavy atom. The molecule has 2 unspecified atom stereocenters. The third-order valence-electron chi connectivity index (χ3n) is 7.70. The zero-order chi connectivity index (χ0) is 41.5. The lowest BCUT2D eigenvalue weighted by Crippen LogP contribution is -2.27. The Labute approximate surface area is 353 Å². The van der Waals surface area contributed by atoms with E-state index in [0.29, 0.717) is 18.9 Å². The number of nitrogens with one attached hydrogen (secondary N) is 2. The number of carbonyl (C=O) groups excluding carboxylic acids is 2. The summed E-state index contributed by atoms with van der Waals surface area (Å²) in [7, 11) is 0. The highest BCUT2D eigenvalue weighted by Gasteiger charge is 2.22. The molecule has 0 aliphatic rings. The number of thiazole rings is 2. The molecule has 7 rings (SSSR count). The fourth-order valence-corrected chi connectivity index (χ4v) is 9.65. The molecule has 0 fully saturated rings. The molecule has 0 saturated heterocycles. The number of hydrazone groups is 2. The summed E-state index contributed by atoms with van der Waals surface area (Å²) in [5.41, 5.74) is 6.58. The van der Waals surface area contributed by atoms with Gasteiger partial charge in [0.05, 0.1) is 42.1 Å². The second kappa shape index (κ2) is 18.5. The fourth-order valence-electron chi connectivity index (χ4n) is 4.78. The van der Waals surface area contributed by atoms with E-state index in [0.717, 1.165) is 56.1 Å². The quantitative estimate of drug-likeness (QED) is 0.0224. The van der Waals surface area contributed by atoms with E-state index in [1.54, 1.807) is 13.8 Å². The van der Waals surface area contributed by atoms with Gasteiger partial charge in [0.1, 0.15) is 23.0 Å². The number of phenols is 4. The Bertz CT molecular complexity index is 2550. The second-order valence-corrected chi connectivity index (χ2v) is 18.1. The van der Waals surface area contributed by atoms with E-state index in [-0.39, 0.29) is 45.8 Å². The van der Waals surface area contributed by atoms with E-state index in [2.05, 4.69) is 61.7 Å². The summed E-state index contributed by atoms with van der Waals surface area (Å²) in [6, 6.07) is 22.6. The van der Waals surface area contributed by atoms with E-state index < -0.39 is 22.3 Å². The van der Waals surface area contributed by atoms with Crippen molar-refractivity contribution in [1.29, 1.82) is 0 Å². The number of thioether (sulfide) groups is 2. The maximum atomic E-state index is 13.1. The number of amidine groups is 2. The fraction of sp³-hybridized carbons (Fsp3) is 0.111. The van der Waals surface area contributed by atoms with Gasteiger partial charge in [0, 0.05) is 12.1 Å². The number of nitrogens with zero attached hydrogens (tertiary/aromatic N) is 10. The van der Waals surface area contributed by atoms with Crippen LogP contribution in [0.2, 0.25) is 0 Å². The summed E-state index contributed by atoms with van der Waals surface area (Å²) >= 11 is 5.98. The van der Waals surface area contributed by atoms with Crippen LogP contribution in [0.3, 0.4) is 0 Å². The average Bonchev–Trinajstić information content (AvgIpc) is 3.96. The highest BCUT2D eigenvalue weighted by Crippen LogP contribution is 2.34. The Morgan fingerprint density at radius 2 is 1.03 bits per heavy atom. The molecule has 3 aromatic heterocycles. The lowest BCUT2D eigenvalue weighted by molar-refractivity contribution is -0.121. The predicted molar refractivity (Wildman–Crippen MR) is 228 cm³/mol. The molecule has 0 saturated carbocycles. The Kier molecular flexibility index (Phi) is 12.8. The highest BCUT2D eigenvalue weighted by atomic mass is 32.2. The molecule has 4 aromatic carbocycles. The zero-order valence-corrected chi connectivity index (χ0v) is 34.4. The number of amides is 2. The van der Waals surface area contributed by atoms with Crippen LogP contribution in [0.5, 0.6) is 23.0 Å². The van der Waals surface area contributed by atoms with Crippen LogP contribution >= 0.6 is 57.5 Å². The molecule has 2 atom stereocenters. The van der Waals surface area contributed by atoms with Gasteiger partial charge in [-0.05, 0) is 62.4 Å². The number of para-hydroxylation sites is 2. The lowest BCUT2D eigenvalue weighted by Gasteiger charge is -2.09. The zero-order valence-electron chi connectivity index (χ0n) is 30.4. The first kappa shape index (κ1) is 40.8. The van der Waals surface area contributed by atoms with Crippen molar-refractivity contribution in [2.45, 2.75) is 33.0 Å². The molecule has 18 nitrogen and oxygen atoms in total. The monoisotopic (exact) mass is 884 g/mol. The van der Waals surface area contributed by atoms with Gasteiger partial charge in [0.15, 0.2) is 8.68 Å². The molecule has 59 heavy (non-hydrogen) atoms. The standard InChI is InChI=1S/C36H28N12O6S5/c1-17(31(53)43-39-29(21-13-11-19(49)15-25(21)51)41-45-33-37-23-7-3-5-9-27(23)57-33)55-35-47-48-36(59-35)56-18(2)32(54)44-40-30(22-14-12-20(50)16-26(22)52)42-46-34-38-24-8-4-6-10-28(24)58-34/h3-18,49-52H,1-2H3,(H,43,53)(H,44,54). The lowest BCUT2D eigenvalue weighted by atomic mass is 10.2. The maximum Gasteiger partial charge on any atom is 0.253 e. The number of hydrogen-bond acceptors (Lipinski definition) is 19. The summed E-state index contributed by atoms with van der Waals surface area (Å²) in [5.74, 6) is -2.34. The van der Waals surface area contributed by atoms with Gasteiger partial charge in [0.2, 0.25) is 21.9 Å². The number of rotatable bonds is 12. The van der Waals surface area contributed by atoms with Gasteiger partial charge in [-0.3, -0.25) is 9.59 Å². The summed E-state index contributed by atoms with van der Waals surface area (Å²) in [6.45, 7) is 3.27. The minimum absolute atomic E-state index is 0.103. The first-order chi connectivity index (χ1) is 28.5. The van der Waals surface area contributed by atoms with Crippen LogP contribution in [0.15, 0.2) is 124 Å². The van der Waals surface area contributed by atoms with Crippen molar-refractivity contribution in [3.63, 3.8) is 0 Å². The van der Waals surface area contributed by atoms with E-state index in [1.165, 1.54) is 58.3 Å².